The average Bonchev–Trinajstić information content (AvgIpc) is 3.05. The summed E-state index contributed by atoms with van der Waals surface area (Å²) in [6.07, 6.45) is 0.791. The van der Waals surface area contributed by atoms with Gasteiger partial charge in [-0.2, -0.15) is 5.01 Å². The second kappa shape index (κ2) is 4.96. The third kappa shape index (κ3) is 2.31. The molecule has 8 heteroatoms. The molecule has 1 aromatic rings. The van der Waals surface area contributed by atoms with Gasteiger partial charge in [0.05, 0.1) is 15.9 Å². The van der Waals surface area contributed by atoms with E-state index in [9.17, 15) is 20.2 Å². The smallest absolute Gasteiger partial charge is 0.275 e. The Labute approximate surface area is 122 Å². The maximum Gasteiger partial charge on any atom is 0.300 e. The maximum absolute atomic E-state index is 11.2. The first-order valence-electron chi connectivity index (χ1n) is 6.76. The zero-order chi connectivity index (χ0) is 15.9. The molecule has 1 aliphatic rings. The monoisotopic (exact) mass is 294 g/mol. The van der Waals surface area contributed by atoms with Crippen LogP contribution in [0.25, 0.3) is 0 Å². The molecular formula is C13H18N4O4. The van der Waals surface area contributed by atoms with Crippen molar-refractivity contribution in [2.45, 2.75) is 45.8 Å². The lowest BCUT2D eigenvalue weighted by Gasteiger charge is -2.09. The minimum Gasteiger partial charge on any atom is -0.275 e. The molecule has 1 saturated heterocycles. The van der Waals surface area contributed by atoms with Crippen LogP contribution in [0.15, 0.2) is 18.2 Å². The number of nitrogens with zero attached hydrogens (tertiary/aromatic N) is 4. The van der Waals surface area contributed by atoms with Crippen LogP contribution in [0.2, 0.25) is 0 Å². The van der Waals surface area contributed by atoms with Crippen LogP contribution in [0.1, 0.15) is 34.1 Å². The van der Waals surface area contributed by atoms with E-state index in [0.29, 0.717) is 5.69 Å². The summed E-state index contributed by atoms with van der Waals surface area (Å²) in [5.41, 5.74) is -0.424. The van der Waals surface area contributed by atoms with Crippen LogP contribution in [0.5, 0.6) is 0 Å². The van der Waals surface area contributed by atoms with Crippen molar-refractivity contribution in [1.82, 2.24) is 5.01 Å². The summed E-state index contributed by atoms with van der Waals surface area (Å²) in [4.78, 5) is 20.8. The van der Waals surface area contributed by atoms with Crippen molar-refractivity contribution < 1.29 is 9.85 Å². The van der Waals surface area contributed by atoms with Gasteiger partial charge in [-0.25, -0.2) is 0 Å². The lowest BCUT2D eigenvalue weighted by Crippen LogP contribution is -2.19. The summed E-state index contributed by atoms with van der Waals surface area (Å²) >= 11 is 0. The van der Waals surface area contributed by atoms with E-state index in [4.69, 9.17) is 0 Å². The SMILES string of the molecule is CCC1(C)N(c2ccc([N+](=O)[O-])cc2[N+](=O)[O-])N1C(C)C. The van der Waals surface area contributed by atoms with Crippen LogP contribution in [0.3, 0.4) is 0 Å². The van der Waals surface area contributed by atoms with Crippen LogP contribution in [-0.2, 0) is 0 Å². The quantitative estimate of drug-likeness (QED) is 0.470. The lowest BCUT2D eigenvalue weighted by atomic mass is 10.1. The summed E-state index contributed by atoms with van der Waals surface area (Å²) in [7, 11) is 0. The number of hydrazine groups is 1. The van der Waals surface area contributed by atoms with E-state index in [1.165, 1.54) is 12.1 Å². The first kappa shape index (κ1) is 15.2. The molecule has 1 fully saturated rings. The number of rotatable bonds is 5. The van der Waals surface area contributed by atoms with Crippen molar-refractivity contribution >= 4 is 17.1 Å². The summed E-state index contributed by atoms with van der Waals surface area (Å²) in [6.45, 7) is 8.01. The van der Waals surface area contributed by atoms with Gasteiger partial charge in [0.2, 0.25) is 0 Å². The summed E-state index contributed by atoms with van der Waals surface area (Å²) in [5.74, 6) is 0. The molecule has 1 heterocycles. The van der Waals surface area contributed by atoms with Gasteiger partial charge in [0, 0.05) is 12.1 Å². The molecule has 0 spiro atoms. The molecule has 21 heavy (non-hydrogen) atoms. The van der Waals surface area contributed by atoms with E-state index in [0.717, 1.165) is 12.5 Å². The first-order valence-corrected chi connectivity index (χ1v) is 6.76. The number of benzene rings is 1. The van der Waals surface area contributed by atoms with Gasteiger partial charge in [-0.15, -0.1) is 0 Å². The Morgan fingerprint density at radius 2 is 1.86 bits per heavy atom. The number of hydrogen-bond donors (Lipinski definition) is 0. The molecule has 2 rings (SSSR count). The van der Waals surface area contributed by atoms with Crippen LogP contribution in [0.4, 0.5) is 17.1 Å². The summed E-state index contributed by atoms with van der Waals surface area (Å²) in [5, 5.41) is 25.9. The zero-order valence-corrected chi connectivity index (χ0v) is 12.4. The van der Waals surface area contributed by atoms with Crippen molar-refractivity contribution in [3.63, 3.8) is 0 Å². The van der Waals surface area contributed by atoms with E-state index >= 15 is 0 Å². The molecule has 0 saturated carbocycles. The van der Waals surface area contributed by atoms with Crippen molar-refractivity contribution in [2.24, 2.45) is 0 Å². The molecule has 0 N–H and O–H groups in total. The number of non-ortho nitro benzene ring substituents is 1. The van der Waals surface area contributed by atoms with Gasteiger partial charge in [-0.05, 0) is 33.3 Å². The standard InChI is InChI=1S/C13H18N4O4/c1-5-13(4)14(9(2)3)15(13)11-7-6-10(16(18)19)8-12(11)17(20)21/h6-9H,5H2,1-4H3. The summed E-state index contributed by atoms with van der Waals surface area (Å²) < 4.78 is 0. The van der Waals surface area contributed by atoms with E-state index in [1.54, 1.807) is 0 Å². The Morgan fingerprint density at radius 3 is 2.24 bits per heavy atom. The zero-order valence-electron chi connectivity index (χ0n) is 12.4. The normalized spacial score (nSPS) is 24.2. The number of hydrogen-bond acceptors (Lipinski definition) is 6. The third-order valence-corrected chi connectivity index (χ3v) is 3.88. The Morgan fingerprint density at radius 1 is 1.24 bits per heavy atom. The second-order valence-corrected chi connectivity index (χ2v) is 5.51. The number of nitro groups is 2. The highest BCUT2D eigenvalue weighted by molar-refractivity contribution is 5.70. The maximum atomic E-state index is 11.2. The average molecular weight is 294 g/mol. The molecule has 0 aliphatic carbocycles. The minimum atomic E-state index is -0.627. The fourth-order valence-electron chi connectivity index (χ4n) is 2.77. The highest BCUT2D eigenvalue weighted by Gasteiger charge is 2.59. The molecule has 8 nitrogen and oxygen atoms in total. The van der Waals surface area contributed by atoms with Crippen LogP contribution in [0, 0.1) is 20.2 Å². The summed E-state index contributed by atoms with van der Waals surface area (Å²) in [6, 6.07) is 3.95. The molecule has 2 unspecified atom stereocenters. The van der Waals surface area contributed by atoms with Gasteiger partial charge >= 0.3 is 5.69 Å². The Balaban J connectivity index is 2.50. The van der Waals surface area contributed by atoms with Gasteiger partial charge in [0.15, 0.2) is 0 Å². The highest BCUT2D eigenvalue weighted by atomic mass is 16.6. The van der Waals surface area contributed by atoms with E-state index in [1.807, 2.05) is 37.7 Å². The van der Waals surface area contributed by atoms with E-state index in [2.05, 4.69) is 0 Å². The minimum absolute atomic E-state index is 0.185. The Hall–Kier alpha value is -2.22. The number of nitro benzene ring substituents is 2. The van der Waals surface area contributed by atoms with Crippen molar-refractivity contribution in [1.29, 1.82) is 0 Å². The lowest BCUT2D eigenvalue weighted by molar-refractivity contribution is -0.393. The second-order valence-electron chi connectivity index (χ2n) is 5.51. The fraction of sp³-hybridized carbons (Fsp3) is 0.538. The molecule has 1 aliphatic heterocycles. The van der Waals surface area contributed by atoms with Crippen LogP contribution < -0.4 is 5.01 Å². The van der Waals surface area contributed by atoms with Gasteiger partial charge in [-0.1, -0.05) is 6.92 Å². The molecule has 2 atom stereocenters. The van der Waals surface area contributed by atoms with Crippen molar-refractivity contribution in [3.8, 4) is 0 Å². The third-order valence-electron chi connectivity index (χ3n) is 3.88. The highest BCUT2D eigenvalue weighted by Crippen LogP contribution is 2.50. The Bertz CT molecular complexity index is 604. The van der Waals surface area contributed by atoms with Crippen LogP contribution in [-0.4, -0.2) is 26.6 Å². The largest absolute Gasteiger partial charge is 0.300 e. The molecule has 0 aromatic heterocycles. The van der Waals surface area contributed by atoms with E-state index in [-0.39, 0.29) is 23.1 Å². The molecule has 0 bridgehead atoms. The molecule has 0 amide bonds. The van der Waals surface area contributed by atoms with Gasteiger partial charge in [0.25, 0.3) is 5.69 Å². The van der Waals surface area contributed by atoms with Gasteiger partial charge in [0.1, 0.15) is 11.4 Å². The molecule has 1 aromatic carbocycles. The predicted molar refractivity (Wildman–Crippen MR) is 77.9 cm³/mol. The Kier molecular flexibility index (Phi) is 3.58. The fourth-order valence-corrected chi connectivity index (χ4v) is 2.77. The van der Waals surface area contributed by atoms with E-state index < -0.39 is 9.85 Å². The van der Waals surface area contributed by atoms with Crippen molar-refractivity contribution in [2.75, 3.05) is 5.01 Å². The van der Waals surface area contributed by atoms with Crippen LogP contribution >= 0.6 is 0 Å². The molecule has 0 radical (unpaired) electrons. The molecular weight excluding hydrogens is 276 g/mol. The first-order chi connectivity index (χ1) is 9.74. The van der Waals surface area contributed by atoms with Gasteiger partial charge in [-0.3, -0.25) is 25.2 Å². The topological polar surface area (TPSA) is 92.3 Å². The molecule has 114 valence electrons. The van der Waals surface area contributed by atoms with Crippen molar-refractivity contribution in [3.05, 3.63) is 38.4 Å². The predicted octanol–water partition coefficient (Wildman–Crippen LogP) is 3.07. The van der Waals surface area contributed by atoms with Gasteiger partial charge < -0.3 is 0 Å². The number of anilines is 1.